The van der Waals surface area contributed by atoms with E-state index < -0.39 is 0 Å². The second-order valence-corrected chi connectivity index (χ2v) is 13.6. The Morgan fingerprint density at radius 2 is 1.90 bits per heavy atom. The van der Waals surface area contributed by atoms with Crippen molar-refractivity contribution < 1.29 is 18.8 Å². The van der Waals surface area contributed by atoms with E-state index in [4.69, 9.17) is 19.3 Å². The highest BCUT2D eigenvalue weighted by Gasteiger charge is 2.61. The van der Waals surface area contributed by atoms with Crippen LogP contribution in [0.3, 0.4) is 0 Å². The first-order valence-corrected chi connectivity index (χ1v) is 15.0. The third-order valence-electron chi connectivity index (χ3n) is 9.50. The summed E-state index contributed by atoms with van der Waals surface area (Å²) in [7, 11) is 0. The van der Waals surface area contributed by atoms with Gasteiger partial charge in [0.05, 0.1) is 23.3 Å². The zero-order chi connectivity index (χ0) is 27.6. The molecule has 3 aromatic rings. The number of likely N-dealkylation sites (tertiary alicyclic amines) is 2. The summed E-state index contributed by atoms with van der Waals surface area (Å²) in [4.78, 5) is 39.8. The fourth-order valence-corrected chi connectivity index (χ4v) is 7.29. The second kappa shape index (κ2) is 9.47. The Balaban J connectivity index is 1.11. The molecule has 3 aromatic heterocycles. The number of carbonyl (C=O) groups excluding carboxylic acids is 2. The van der Waals surface area contributed by atoms with E-state index in [-0.39, 0.29) is 40.5 Å². The topological polar surface area (TPSA) is 119 Å². The van der Waals surface area contributed by atoms with Crippen LogP contribution in [0.25, 0.3) is 0 Å². The normalized spacial score (nSPS) is 26.2. The average molecular weight is 566 g/mol. The van der Waals surface area contributed by atoms with Gasteiger partial charge in [0, 0.05) is 62.8 Å². The summed E-state index contributed by atoms with van der Waals surface area (Å²) in [5.41, 5.74) is 2.54. The fourth-order valence-electron chi connectivity index (χ4n) is 6.71. The first-order chi connectivity index (χ1) is 19.2. The molecular weight excluding hydrogens is 530 g/mol. The lowest BCUT2D eigenvalue weighted by molar-refractivity contribution is -0.145. The van der Waals surface area contributed by atoms with Crippen molar-refractivity contribution in [2.24, 2.45) is 16.7 Å². The third kappa shape index (κ3) is 4.36. The van der Waals surface area contributed by atoms with Gasteiger partial charge in [-0.2, -0.15) is 10.1 Å². The number of ether oxygens (including phenoxy) is 1. The monoisotopic (exact) mass is 565 g/mol. The van der Waals surface area contributed by atoms with Crippen LogP contribution in [-0.2, 0) is 9.53 Å². The molecule has 0 radical (unpaired) electrons. The highest BCUT2D eigenvalue weighted by molar-refractivity contribution is 7.11. The summed E-state index contributed by atoms with van der Waals surface area (Å²) in [5.74, 6) is 1.65. The summed E-state index contributed by atoms with van der Waals surface area (Å²) in [6.07, 6.45) is 6.49. The lowest BCUT2D eigenvalue weighted by Gasteiger charge is -2.50. The molecule has 0 bridgehead atoms. The van der Waals surface area contributed by atoms with Gasteiger partial charge in [-0.25, -0.2) is 0 Å². The summed E-state index contributed by atoms with van der Waals surface area (Å²) in [6.45, 7) is 10.1. The summed E-state index contributed by atoms with van der Waals surface area (Å²) < 4.78 is 13.2. The maximum atomic E-state index is 13.3. The molecule has 3 aliphatic heterocycles. The van der Waals surface area contributed by atoms with Gasteiger partial charge in [0.25, 0.3) is 11.8 Å². The molecule has 0 aromatic carbocycles. The highest BCUT2D eigenvalue weighted by atomic mass is 32.1. The van der Waals surface area contributed by atoms with E-state index in [1.54, 1.807) is 11.7 Å². The smallest absolute Gasteiger partial charge is 0.265 e. The number of thiazole rings is 1. The first kappa shape index (κ1) is 25.8. The van der Waals surface area contributed by atoms with Crippen LogP contribution in [0.5, 0.6) is 0 Å². The van der Waals surface area contributed by atoms with Crippen LogP contribution in [0, 0.1) is 16.7 Å². The predicted octanol–water partition coefficient (Wildman–Crippen LogP) is 3.34. The Kier molecular flexibility index (Phi) is 6.12. The van der Waals surface area contributed by atoms with Crippen molar-refractivity contribution >= 4 is 23.2 Å². The minimum absolute atomic E-state index is 0.0354. The van der Waals surface area contributed by atoms with Crippen molar-refractivity contribution in [2.45, 2.75) is 57.9 Å². The van der Waals surface area contributed by atoms with Crippen LogP contribution in [0.1, 0.15) is 85.0 Å². The minimum Gasteiger partial charge on any atom is -0.381 e. The zero-order valence-electron chi connectivity index (χ0n) is 23.2. The van der Waals surface area contributed by atoms with E-state index in [0.717, 1.165) is 38.2 Å². The zero-order valence-corrected chi connectivity index (χ0v) is 24.0. The maximum Gasteiger partial charge on any atom is 0.265 e. The van der Waals surface area contributed by atoms with Crippen LogP contribution >= 0.6 is 11.3 Å². The van der Waals surface area contributed by atoms with Crippen LogP contribution < -0.4 is 0 Å². The maximum absolute atomic E-state index is 13.3. The van der Waals surface area contributed by atoms with Gasteiger partial charge in [-0.05, 0) is 37.7 Å². The van der Waals surface area contributed by atoms with Crippen molar-refractivity contribution in [3.8, 4) is 0 Å². The number of carbonyl (C=O) groups is 2. The lowest BCUT2D eigenvalue weighted by Crippen LogP contribution is -2.62. The Morgan fingerprint density at radius 3 is 2.60 bits per heavy atom. The van der Waals surface area contributed by atoms with Crippen LogP contribution in [0.2, 0.25) is 0 Å². The largest absolute Gasteiger partial charge is 0.381 e. The number of amides is 2. The van der Waals surface area contributed by atoms with Gasteiger partial charge >= 0.3 is 0 Å². The lowest BCUT2D eigenvalue weighted by atomic mass is 9.71. The molecular formula is C28H35N7O4S. The van der Waals surface area contributed by atoms with E-state index in [1.807, 2.05) is 27.6 Å². The average Bonchev–Trinajstić information content (AvgIpc) is 3.60. The molecule has 4 aliphatic rings. The van der Waals surface area contributed by atoms with Crippen LogP contribution in [0.4, 0.5) is 0 Å². The van der Waals surface area contributed by atoms with Crippen LogP contribution in [0.15, 0.2) is 28.5 Å². The highest BCUT2D eigenvalue weighted by Crippen LogP contribution is 2.55. The van der Waals surface area contributed by atoms with E-state index in [1.165, 1.54) is 11.3 Å². The van der Waals surface area contributed by atoms with Gasteiger partial charge in [0.1, 0.15) is 10.9 Å². The summed E-state index contributed by atoms with van der Waals surface area (Å²) in [5, 5.41) is 9.25. The molecule has 2 unspecified atom stereocenters. The van der Waals surface area contributed by atoms with Gasteiger partial charge in [-0.15, -0.1) is 11.3 Å². The quantitative estimate of drug-likeness (QED) is 0.447. The van der Waals surface area contributed by atoms with Crippen molar-refractivity contribution in [1.82, 2.24) is 34.7 Å². The van der Waals surface area contributed by atoms with Gasteiger partial charge < -0.3 is 19.1 Å². The Morgan fingerprint density at radius 1 is 1.15 bits per heavy atom. The van der Waals surface area contributed by atoms with E-state index in [2.05, 4.69) is 30.1 Å². The molecule has 11 nitrogen and oxygen atoms in total. The molecule has 4 fully saturated rings. The number of aromatic nitrogens is 5. The Bertz CT molecular complexity index is 1400. The summed E-state index contributed by atoms with van der Waals surface area (Å²) in [6, 6.07) is 1.85. The van der Waals surface area contributed by atoms with Gasteiger partial charge in [0.2, 0.25) is 5.91 Å². The molecule has 1 aliphatic carbocycles. The molecule has 3 saturated heterocycles. The van der Waals surface area contributed by atoms with Crippen LogP contribution in [-0.4, -0.2) is 85.9 Å². The van der Waals surface area contributed by atoms with Gasteiger partial charge in [-0.3, -0.25) is 19.3 Å². The summed E-state index contributed by atoms with van der Waals surface area (Å²) >= 11 is 1.34. The minimum atomic E-state index is -0.290. The van der Waals surface area contributed by atoms with Crippen molar-refractivity contribution in [1.29, 1.82) is 0 Å². The van der Waals surface area contributed by atoms with Crippen molar-refractivity contribution in [2.75, 3.05) is 39.4 Å². The van der Waals surface area contributed by atoms with E-state index in [0.29, 0.717) is 48.7 Å². The molecule has 212 valence electrons. The number of nitrogens with zero attached hydrogens (tertiary/aromatic N) is 7. The molecule has 1 saturated carbocycles. The van der Waals surface area contributed by atoms with E-state index >= 15 is 0 Å². The molecule has 12 heteroatoms. The Hall–Kier alpha value is -3.12. The number of rotatable bonds is 6. The molecule has 7 rings (SSSR count). The molecule has 0 N–H and O–H groups in total. The molecule has 40 heavy (non-hydrogen) atoms. The standard InChI is InChI=1S/C28H35N7O4S/c1-17(35-7-4-21(31-35)18-5-8-38-9-6-18)24-30-23(32-39-24)20-12-33(26(37)22-11-29-16-40-22)13-28(20)14-34(15-28)25(36)19-10-27(19,2)3/h4,7,11,16-20H,5-6,8-10,12-15H2,1-3H3/t17?,19-,20?/m1/s1. The predicted molar refractivity (Wildman–Crippen MR) is 145 cm³/mol. The Labute approximate surface area is 236 Å². The first-order valence-electron chi connectivity index (χ1n) is 14.2. The van der Waals surface area contributed by atoms with E-state index in [9.17, 15) is 9.59 Å². The van der Waals surface area contributed by atoms with Gasteiger partial charge in [-0.1, -0.05) is 19.0 Å². The SMILES string of the molecule is CC(c1nc(C2CN(C(=O)c3cncs3)CC23CN(C(=O)[C@H]2CC2(C)C)C3)no1)n1ccc(C2CCOCC2)n1. The van der Waals surface area contributed by atoms with Gasteiger partial charge in [0.15, 0.2) is 5.82 Å². The van der Waals surface area contributed by atoms with Crippen molar-refractivity contribution in [3.63, 3.8) is 0 Å². The third-order valence-corrected chi connectivity index (χ3v) is 10.3. The molecule has 2 amide bonds. The van der Waals surface area contributed by atoms with Crippen molar-refractivity contribution in [3.05, 3.63) is 46.3 Å². The fraction of sp³-hybridized carbons (Fsp3) is 0.643. The number of hydrogen-bond acceptors (Lipinski definition) is 9. The molecule has 1 spiro atoms. The molecule has 6 heterocycles. The second-order valence-electron chi connectivity index (χ2n) is 12.7. The number of hydrogen-bond donors (Lipinski definition) is 0. The molecule has 3 atom stereocenters.